The van der Waals surface area contributed by atoms with Crippen LogP contribution in [0.4, 0.5) is 0 Å². The second-order valence-corrected chi connectivity index (χ2v) is 7.07. The van der Waals surface area contributed by atoms with Crippen LogP contribution in [0.25, 0.3) is 11.2 Å². The molecule has 0 spiro atoms. The minimum absolute atomic E-state index is 0.0971. The second-order valence-electron chi connectivity index (χ2n) is 7.07. The van der Waals surface area contributed by atoms with Crippen LogP contribution in [0.15, 0.2) is 76.6 Å². The average Bonchev–Trinajstić information content (AvgIpc) is 3.19. The molecule has 0 bridgehead atoms. The number of aryl methyl sites for hydroxylation is 1. The number of carbonyl (C=O) groups is 1. The van der Waals surface area contributed by atoms with Crippen molar-refractivity contribution in [3.63, 3.8) is 0 Å². The second kappa shape index (κ2) is 7.82. The van der Waals surface area contributed by atoms with Crippen LogP contribution in [0.1, 0.15) is 17.2 Å². The summed E-state index contributed by atoms with van der Waals surface area (Å²) in [5.41, 5.74) is 1.41. The Morgan fingerprint density at radius 3 is 2.07 bits per heavy atom. The molecule has 0 aliphatic rings. The van der Waals surface area contributed by atoms with Crippen molar-refractivity contribution in [2.45, 2.75) is 12.6 Å². The molecule has 152 valence electrons. The van der Waals surface area contributed by atoms with Gasteiger partial charge in [0.2, 0.25) is 5.91 Å². The molecule has 0 aliphatic carbocycles. The highest BCUT2D eigenvalue weighted by molar-refractivity contribution is 5.79. The summed E-state index contributed by atoms with van der Waals surface area (Å²) in [5.74, 6) is -0.275. The number of hydrogen-bond donors (Lipinski definition) is 1. The predicted octanol–water partition coefficient (Wildman–Crippen LogP) is 1.34. The highest BCUT2D eigenvalue weighted by Gasteiger charge is 2.19. The van der Waals surface area contributed by atoms with Crippen LogP contribution in [0, 0.1) is 0 Å². The van der Waals surface area contributed by atoms with Crippen LogP contribution in [-0.4, -0.2) is 24.6 Å². The zero-order valence-corrected chi connectivity index (χ0v) is 16.6. The zero-order valence-electron chi connectivity index (χ0n) is 16.6. The summed E-state index contributed by atoms with van der Waals surface area (Å²) in [6.45, 7) is -0.0971. The quantitative estimate of drug-likeness (QED) is 0.544. The maximum Gasteiger partial charge on any atom is 0.332 e. The van der Waals surface area contributed by atoms with Crippen molar-refractivity contribution >= 4 is 17.1 Å². The molecule has 0 saturated carbocycles. The van der Waals surface area contributed by atoms with Gasteiger partial charge in [0.05, 0.1) is 12.4 Å². The topological polar surface area (TPSA) is 90.9 Å². The lowest BCUT2D eigenvalue weighted by Crippen LogP contribution is -2.38. The Bertz CT molecular complexity index is 1280. The fraction of sp³-hybridized carbons (Fsp3) is 0.182. The lowest BCUT2D eigenvalue weighted by molar-refractivity contribution is -0.122. The van der Waals surface area contributed by atoms with E-state index in [4.69, 9.17) is 0 Å². The number of benzene rings is 2. The van der Waals surface area contributed by atoms with E-state index in [-0.39, 0.29) is 29.7 Å². The maximum absolute atomic E-state index is 12.9. The molecule has 4 aromatic rings. The van der Waals surface area contributed by atoms with E-state index in [0.717, 1.165) is 15.7 Å². The number of rotatable bonds is 5. The lowest BCUT2D eigenvalue weighted by atomic mass is 9.99. The van der Waals surface area contributed by atoms with Crippen LogP contribution in [0.2, 0.25) is 0 Å². The number of amides is 1. The third kappa shape index (κ3) is 3.43. The van der Waals surface area contributed by atoms with Gasteiger partial charge in [-0.1, -0.05) is 60.7 Å². The number of nitrogens with one attached hydrogen (secondary N) is 1. The van der Waals surface area contributed by atoms with E-state index in [1.165, 1.54) is 22.5 Å². The van der Waals surface area contributed by atoms with E-state index in [1.54, 1.807) is 7.05 Å². The van der Waals surface area contributed by atoms with Gasteiger partial charge < -0.3 is 9.88 Å². The first-order valence-electron chi connectivity index (χ1n) is 9.47. The van der Waals surface area contributed by atoms with Gasteiger partial charge in [-0.2, -0.15) is 0 Å². The molecule has 2 heterocycles. The third-order valence-corrected chi connectivity index (χ3v) is 5.10. The van der Waals surface area contributed by atoms with Crippen molar-refractivity contribution in [2.24, 2.45) is 14.1 Å². The van der Waals surface area contributed by atoms with Crippen LogP contribution < -0.4 is 16.6 Å². The van der Waals surface area contributed by atoms with Crippen LogP contribution in [-0.2, 0) is 25.4 Å². The Balaban J connectivity index is 1.67. The molecule has 8 nitrogen and oxygen atoms in total. The molecular formula is C22H21N5O3. The van der Waals surface area contributed by atoms with E-state index >= 15 is 0 Å². The van der Waals surface area contributed by atoms with Gasteiger partial charge in [0.1, 0.15) is 6.54 Å². The molecule has 0 radical (unpaired) electrons. The Hall–Kier alpha value is -3.94. The minimum Gasteiger partial charge on any atom is -0.344 e. The summed E-state index contributed by atoms with van der Waals surface area (Å²) < 4.78 is 3.77. The van der Waals surface area contributed by atoms with Crippen LogP contribution >= 0.6 is 0 Å². The molecule has 30 heavy (non-hydrogen) atoms. The normalized spacial score (nSPS) is 11.2. The van der Waals surface area contributed by atoms with Crippen molar-refractivity contribution in [1.29, 1.82) is 0 Å². The Kier molecular flexibility index (Phi) is 5.05. The Morgan fingerprint density at radius 2 is 1.50 bits per heavy atom. The predicted molar refractivity (Wildman–Crippen MR) is 113 cm³/mol. The first kappa shape index (κ1) is 19.4. The van der Waals surface area contributed by atoms with E-state index in [2.05, 4.69) is 10.3 Å². The van der Waals surface area contributed by atoms with Crippen molar-refractivity contribution in [3.05, 3.63) is 99.0 Å². The number of aromatic nitrogens is 4. The standard InChI is InChI=1S/C22H21N5O3/c1-25-20-19(21(29)26(2)22(25)30)27(14-23-20)13-17(28)24-18(15-9-5-3-6-10-15)16-11-7-4-8-12-16/h3-12,14,18H,13H2,1-2H3,(H,24,28). The molecule has 0 saturated heterocycles. The van der Waals surface area contributed by atoms with Crippen LogP contribution in [0.5, 0.6) is 0 Å². The molecule has 1 N–H and O–H groups in total. The fourth-order valence-corrected chi connectivity index (χ4v) is 3.53. The number of carbonyl (C=O) groups excluding carboxylic acids is 1. The Morgan fingerprint density at radius 1 is 0.933 bits per heavy atom. The largest absolute Gasteiger partial charge is 0.344 e. The summed E-state index contributed by atoms with van der Waals surface area (Å²) >= 11 is 0. The van der Waals surface area contributed by atoms with Crippen molar-refractivity contribution in [3.8, 4) is 0 Å². The first-order valence-corrected chi connectivity index (χ1v) is 9.47. The highest BCUT2D eigenvalue weighted by atomic mass is 16.2. The van der Waals surface area contributed by atoms with Gasteiger partial charge in [-0.05, 0) is 11.1 Å². The van der Waals surface area contributed by atoms with Crippen molar-refractivity contribution < 1.29 is 4.79 Å². The molecule has 4 rings (SSSR count). The molecule has 2 aromatic heterocycles. The van der Waals surface area contributed by atoms with E-state index in [1.807, 2.05) is 60.7 Å². The van der Waals surface area contributed by atoms with Crippen molar-refractivity contribution in [1.82, 2.24) is 24.0 Å². The Labute approximate surface area is 172 Å². The summed E-state index contributed by atoms with van der Waals surface area (Å²) in [5, 5.41) is 3.05. The summed E-state index contributed by atoms with van der Waals surface area (Å²) in [7, 11) is 2.95. The first-order chi connectivity index (χ1) is 14.5. The monoisotopic (exact) mass is 403 g/mol. The zero-order chi connectivity index (χ0) is 21.3. The lowest BCUT2D eigenvalue weighted by Gasteiger charge is -2.20. The SMILES string of the molecule is Cn1c(=O)c2c(ncn2CC(=O)NC(c2ccccc2)c2ccccc2)n(C)c1=O. The maximum atomic E-state index is 12.9. The molecule has 0 unspecified atom stereocenters. The minimum atomic E-state index is -0.485. The molecule has 0 fully saturated rings. The van der Waals surface area contributed by atoms with Crippen molar-refractivity contribution in [2.75, 3.05) is 0 Å². The van der Waals surface area contributed by atoms with Gasteiger partial charge in [0, 0.05) is 14.1 Å². The van der Waals surface area contributed by atoms with E-state index in [9.17, 15) is 14.4 Å². The smallest absolute Gasteiger partial charge is 0.332 e. The fourth-order valence-electron chi connectivity index (χ4n) is 3.53. The molecule has 0 aliphatic heterocycles. The van der Waals surface area contributed by atoms with Gasteiger partial charge in [0.15, 0.2) is 11.2 Å². The average molecular weight is 403 g/mol. The number of hydrogen-bond acceptors (Lipinski definition) is 4. The molecule has 8 heteroatoms. The third-order valence-electron chi connectivity index (χ3n) is 5.10. The highest BCUT2D eigenvalue weighted by Crippen LogP contribution is 2.21. The van der Waals surface area contributed by atoms with Crippen LogP contribution in [0.3, 0.4) is 0 Å². The van der Waals surface area contributed by atoms with E-state index < -0.39 is 11.2 Å². The summed E-state index contributed by atoms with van der Waals surface area (Å²) in [6.07, 6.45) is 1.41. The summed E-state index contributed by atoms with van der Waals surface area (Å²) in [6, 6.07) is 19.0. The van der Waals surface area contributed by atoms with Gasteiger partial charge >= 0.3 is 5.69 Å². The number of fused-ring (bicyclic) bond motifs is 1. The summed E-state index contributed by atoms with van der Waals surface area (Å²) in [4.78, 5) is 41.8. The van der Waals surface area contributed by atoms with Gasteiger partial charge in [0.25, 0.3) is 5.56 Å². The number of nitrogens with zero attached hydrogens (tertiary/aromatic N) is 4. The molecule has 2 aromatic carbocycles. The molecule has 1 amide bonds. The van der Waals surface area contributed by atoms with Gasteiger partial charge in [-0.15, -0.1) is 0 Å². The molecular weight excluding hydrogens is 382 g/mol. The van der Waals surface area contributed by atoms with E-state index in [0.29, 0.717) is 0 Å². The molecule has 0 atom stereocenters. The van der Waals surface area contributed by atoms with Gasteiger partial charge in [-0.25, -0.2) is 9.78 Å². The van der Waals surface area contributed by atoms with Gasteiger partial charge in [-0.3, -0.25) is 18.7 Å². The number of imidazole rings is 1.